The Morgan fingerprint density at radius 3 is 2.14 bits per heavy atom. The van der Waals surface area contributed by atoms with Crippen LogP contribution in [0.3, 0.4) is 0 Å². The van der Waals surface area contributed by atoms with Crippen molar-refractivity contribution in [3.63, 3.8) is 0 Å². The molecule has 5 nitrogen and oxygen atoms in total. The Morgan fingerprint density at radius 1 is 1.02 bits per heavy atom. The van der Waals surface area contributed by atoms with Crippen molar-refractivity contribution in [1.29, 1.82) is 5.26 Å². The van der Waals surface area contributed by atoms with Crippen LogP contribution in [0.4, 0.5) is 0 Å². The van der Waals surface area contributed by atoms with E-state index in [1.807, 2.05) is 0 Å². The third-order valence-corrected chi connectivity index (χ3v) is 20.6. The summed E-state index contributed by atoms with van der Waals surface area (Å²) in [7, 11) is -2.51. The molecule has 0 bridgehead atoms. The first-order valence-electron chi connectivity index (χ1n) is 17.0. The van der Waals surface area contributed by atoms with E-state index in [2.05, 4.69) is 105 Å². The zero-order chi connectivity index (χ0) is 32.7. The second-order valence-electron chi connectivity index (χ2n) is 16.4. The highest BCUT2D eigenvalue weighted by molar-refractivity contribution is 6.74. The van der Waals surface area contributed by atoms with Gasteiger partial charge in [0.15, 0.2) is 16.6 Å². The molecule has 0 spiro atoms. The zero-order valence-corrected chi connectivity index (χ0v) is 31.8. The lowest BCUT2D eigenvalue weighted by Crippen LogP contribution is -2.51. The van der Waals surface area contributed by atoms with Gasteiger partial charge in [-0.3, -0.25) is 4.79 Å². The van der Waals surface area contributed by atoms with Gasteiger partial charge in [0.1, 0.15) is 0 Å². The fourth-order valence-electron chi connectivity index (χ4n) is 6.23. The number of allylic oxidation sites excluding steroid dienone is 2. The van der Waals surface area contributed by atoms with Crippen molar-refractivity contribution >= 4 is 22.6 Å². The number of hydrogen-bond donors (Lipinski definition) is 0. The molecule has 2 fully saturated rings. The van der Waals surface area contributed by atoms with E-state index < -0.39 is 16.6 Å². The van der Waals surface area contributed by atoms with E-state index in [1.54, 1.807) is 0 Å². The molecule has 0 aromatic rings. The Bertz CT molecular complexity index is 989. The number of rotatable bonds is 15. The van der Waals surface area contributed by atoms with Crippen LogP contribution in [0, 0.1) is 34.5 Å². The van der Waals surface area contributed by atoms with E-state index in [0.717, 1.165) is 32.1 Å². The summed E-state index contributed by atoms with van der Waals surface area (Å²) in [5.41, 5.74) is 0.286. The first-order chi connectivity index (χ1) is 19.8. The summed E-state index contributed by atoms with van der Waals surface area (Å²) < 4.78 is 19.0. The Balaban J connectivity index is 2.32. The third kappa shape index (κ3) is 9.89. The number of unbranched alkanes of at least 4 members (excludes halogenated alkanes) is 1. The fraction of sp³-hybridized carbons (Fsp3) is 0.833. The number of ether oxygens (including phenoxy) is 1. The molecule has 0 aromatic carbocycles. The van der Waals surface area contributed by atoms with Gasteiger partial charge in [-0.1, -0.05) is 79.2 Å². The summed E-state index contributed by atoms with van der Waals surface area (Å²) in [5, 5.41) is 10.5. The summed E-state index contributed by atoms with van der Waals surface area (Å²) in [6.45, 7) is 25.7. The lowest BCUT2D eigenvalue weighted by molar-refractivity contribution is -0.140. The summed E-state index contributed by atoms with van der Waals surface area (Å²) in [4.78, 5) is 11.5. The lowest BCUT2D eigenvalue weighted by atomic mass is 9.63. The van der Waals surface area contributed by atoms with Crippen LogP contribution < -0.4 is 0 Å². The molecule has 7 heteroatoms. The molecule has 2 aliphatic rings. The van der Waals surface area contributed by atoms with Gasteiger partial charge in [-0.25, -0.2) is 0 Å². The smallest absolute Gasteiger partial charge is 0.305 e. The number of methoxy groups -OCH3 is 1. The topological polar surface area (TPSA) is 68.6 Å². The van der Waals surface area contributed by atoms with E-state index in [-0.39, 0.29) is 51.4 Å². The molecule has 0 N–H and O–H groups in total. The van der Waals surface area contributed by atoms with Gasteiger partial charge in [-0.2, -0.15) is 5.26 Å². The van der Waals surface area contributed by atoms with Gasteiger partial charge in [-0.15, -0.1) is 0 Å². The molecule has 0 saturated heterocycles. The molecule has 2 rings (SSSR count). The number of carbonyl (C=O) groups is 1. The monoisotopic (exact) mass is 631 g/mol. The van der Waals surface area contributed by atoms with E-state index in [4.69, 9.17) is 13.6 Å². The highest BCUT2D eigenvalue weighted by atomic mass is 28.4. The Labute approximate surface area is 267 Å². The molecule has 246 valence electrons. The maximum atomic E-state index is 11.5. The molecule has 0 radical (unpaired) electrons. The van der Waals surface area contributed by atoms with Crippen LogP contribution in [0.15, 0.2) is 24.3 Å². The fourth-order valence-corrected chi connectivity index (χ4v) is 9.01. The summed E-state index contributed by atoms with van der Waals surface area (Å²) >= 11 is 0. The molecule has 2 aliphatic carbocycles. The Hall–Kier alpha value is -1.21. The van der Waals surface area contributed by atoms with Gasteiger partial charge < -0.3 is 13.6 Å². The third-order valence-electron chi connectivity index (χ3n) is 11.6. The van der Waals surface area contributed by atoms with Crippen LogP contribution in [0.25, 0.3) is 0 Å². The van der Waals surface area contributed by atoms with Gasteiger partial charge in [0, 0.05) is 12.3 Å². The molecule has 43 heavy (non-hydrogen) atoms. The van der Waals surface area contributed by atoms with Crippen molar-refractivity contribution in [2.45, 2.75) is 161 Å². The SMILES string of the molecule is CCC1(C(CC=C[C@@H]2[C@@H](CC=CCCCC(=O)OC)[C@H](C#N)C[C@H]2O[Si](C)(C)C(C)(C)C)O[Si](C)(C)C(C)(C)C)CCC1. The average molecular weight is 632 g/mol. The Morgan fingerprint density at radius 2 is 1.65 bits per heavy atom. The second-order valence-corrected chi connectivity index (χ2v) is 25.9. The molecular weight excluding hydrogens is 567 g/mol. The molecule has 0 amide bonds. The van der Waals surface area contributed by atoms with E-state index in [0.29, 0.717) is 6.42 Å². The van der Waals surface area contributed by atoms with Crippen LogP contribution in [0.2, 0.25) is 36.3 Å². The average Bonchev–Trinajstić information content (AvgIpc) is 3.19. The highest BCUT2D eigenvalue weighted by Crippen LogP contribution is 2.52. The summed E-state index contributed by atoms with van der Waals surface area (Å²) in [6.07, 6.45) is 19.1. The van der Waals surface area contributed by atoms with E-state index in [9.17, 15) is 10.1 Å². The van der Waals surface area contributed by atoms with Crippen molar-refractivity contribution in [2.75, 3.05) is 7.11 Å². The van der Waals surface area contributed by atoms with Gasteiger partial charge >= 0.3 is 5.97 Å². The van der Waals surface area contributed by atoms with E-state index >= 15 is 0 Å². The first-order valence-corrected chi connectivity index (χ1v) is 22.8. The minimum Gasteiger partial charge on any atom is -0.469 e. The molecule has 5 atom stereocenters. The molecule has 2 saturated carbocycles. The maximum absolute atomic E-state index is 11.5. The standard InChI is InChI=1S/C36H65NO4Si2/c1-13-36(24-19-25-36)32(41-43(11,12)35(5,6)7)22-18-21-30-29(20-16-14-15-17-23-33(38)39-8)28(27-37)26-31(30)40-42(9,10)34(2,3)4/h14,16,18,21,28-32H,13,15,17,19-20,22-26H2,1-12H3/t28-,29-,30+,31+,32?/m0/s1. The highest BCUT2D eigenvalue weighted by Gasteiger charge is 2.49. The molecule has 1 unspecified atom stereocenters. The van der Waals surface area contributed by atoms with Crippen molar-refractivity contribution in [1.82, 2.24) is 0 Å². The number of nitrogens with zero attached hydrogens (tertiary/aromatic N) is 1. The lowest BCUT2D eigenvalue weighted by Gasteiger charge is -2.51. The quantitative estimate of drug-likeness (QED) is 0.0778. The molecule has 0 heterocycles. The van der Waals surface area contributed by atoms with E-state index in [1.165, 1.54) is 32.8 Å². The minimum atomic E-state index is -2.02. The van der Waals surface area contributed by atoms with Gasteiger partial charge in [0.05, 0.1) is 31.3 Å². The van der Waals surface area contributed by atoms with Crippen molar-refractivity contribution < 1.29 is 18.4 Å². The molecular formula is C36H65NO4Si2. The van der Waals surface area contributed by atoms with Crippen LogP contribution in [0.5, 0.6) is 0 Å². The minimum absolute atomic E-state index is 0.0305. The predicted octanol–water partition coefficient (Wildman–Crippen LogP) is 10.4. The van der Waals surface area contributed by atoms with Crippen LogP contribution in [-0.4, -0.2) is 41.9 Å². The maximum Gasteiger partial charge on any atom is 0.305 e. The van der Waals surface area contributed by atoms with Crippen molar-refractivity contribution in [3.8, 4) is 6.07 Å². The van der Waals surface area contributed by atoms with Gasteiger partial charge in [-0.05, 0) is 99.0 Å². The molecule has 0 aliphatic heterocycles. The second kappa shape index (κ2) is 15.4. The first kappa shape index (κ1) is 38.0. The number of hydrogen-bond acceptors (Lipinski definition) is 5. The largest absolute Gasteiger partial charge is 0.469 e. The van der Waals surface area contributed by atoms with Crippen LogP contribution in [-0.2, 0) is 18.4 Å². The summed E-state index contributed by atoms with van der Waals surface area (Å²) in [5.74, 6) is 0.228. The van der Waals surface area contributed by atoms with Crippen molar-refractivity contribution in [2.24, 2.45) is 23.2 Å². The predicted molar refractivity (Wildman–Crippen MR) is 185 cm³/mol. The van der Waals surface area contributed by atoms with Gasteiger partial charge in [0.2, 0.25) is 0 Å². The number of esters is 1. The van der Waals surface area contributed by atoms with Crippen LogP contribution in [0.1, 0.15) is 113 Å². The van der Waals surface area contributed by atoms with Crippen LogP contribution >= 0.6 is 0 Å². The normalized spacial score (nSPS) is 25.6. The summed E-state index contributed by atoms with van der Waals surface area (Å²) in [6, 6.07) is 2.66. The number of nitriles is 1. The zero-order valence-electron chi connectivity index (χ0n) is 29.8. The number of carbonyl (C=O) groups excluding carboxylic acids is 1. The van der Waals surface area contributed by atoms with Gasteiger partial charge in [0.25, 0.3) is 0 Å². The molecule has 0 aromatic heterocycles. The Kier molecular flexibility index (Phi) is 13.6. The van der Waals surface area contributed by atoms with Crippen molar-refractivity contribution in [3.05, 3.63) is 24.3 Å².